The van der Waals surface area contributed by atoms with Crippen molar-refractivity contribution in [2.75, 3.05) is 0 Å². The molecule has 1 aromatic carbocycles. The van der Waals surface area contributed by atoms with E-state index in [1.54, 1.807) is 25.4 Å². The Hall–Kier alpha value is -3.73. The molecule has 27 heavy (non-hydrogen) atoms. The van der Waals surface area contributed by atoms with Crippen molar-refractivity contribution in [2.24, 2.45) is 0 Å². The van der Waals surface area contributed by atoms with Crippen molar-refractivity contribution in [3.63, 3.8) is 0 Å². The summed E-state index contributed by atoms with van der Waals surface area (Å²) in [6.07, 6.45) is 4.35. The Balaban J connectivity index is 1.93. The Morgan fingerprint density at radius 1 is 1.11 bits per heavy atom. The molecular weight excluding hydrogens is 352 g/mol. The van der Waals surface area contributed by atoms with Crippen LogP contribution in [-0.4, -0.2) is 20.9 Å². The highest BCUT2D eigenvalue weighted by Crippen LogP contribution is 2.25. The van der Waals surface area contributed by atoms with E-state index in [0.29, 0.717) is 5.82 Å². The van der Waals surface area contributed by atoms with Gasteiger partial charge in [0.15, 0.2) is 0 Å². The van der Waals surface area contributed by atoms with Crippen LogP contribution in [0, 0.1) is 23.0 Å². The van der Waals surface area contributed by atoms with Gasteiger partial charge in [0.1, 0.15) is 29.2 Å². The number of nitrogens with zero attached hydrogens (tertiary/aromatic N) is 4. The van der Waals surface area contributed by atoms with Gasteiger partial charge in [-0.15, -0.1) is 0 Å². The summed E-state index contributed by atoms with van der Waals surface area (Å²) in [4.78, 5) is 24.6. The first-order valence-corrected chi connectivity index (χ1v) is 7.92. The highest BCUT2D eigenvalue weighted by molar-refractivity contribution is 5.95. The van der Waals surface area contributed by atoms with Gasteiger partial charge in [0, 0.05) is 30.2 Å². The third-order valence-corrected chi connectivity index (χ3v) is 3.75. The van der Waals surface area contributed by atoms with Gasteiger partial charge in [-0.2, -0.15) is 5.26 Å². The van der Waals surface area contributed by atoms with Crippen molar-refractivity contribution >= 4 is 5.91 Å². The molecule has 1 unspecified atom stereocenters. The van der Waals surface area contributed by atoms with Gasteiger partial charge in [-0.3, -0.25) is 4.79 Å². The summed E-state index contributed by atoms with van der Waals surface area (Å²) >= 11 is 0. The predicted molar refractivity (Wildman–Crippen MR) is 92.2 cm³/mol. The minimum absolute atomic E-state index is 0.0454. The predicted octanol–water partition coefficient (Wildman–Crippen LogP) is 3.18. The molecule has 0 fully saturated rings. The lowest BCUT2D eigenvalue weighted by Gasteiger charge is -2.13. The van der Waals surface area contributed by atoms with E-state index in [0.717, 1.165) is 18.2 Å². The first-order chi connectivity index (χ1) is 13.0. The van der Waals surface area contributed by atoms with Crippen LogP contribution in [0.3, 0.4) is 0 Å². The molecule has 0 radical (unpaired) electrons. The molecule has 1 amide bonds. The van der Waals surface area contributed by atoms with Gasteiger partial charge in [0.05, 0.1) is 11.6 Å². The van der Waals surface area contributed by atoms with Crippen LogP contribution in [0.1, 0.15) is 34.8 Å². The summed E-state index contributed by atoms with van der Waals surface area (Å²) < 4.78 is 27.1. The molecule has 0 aliphatic rings. The molecule has 3 rings (SSSR count). The second kappa shape index (κ2) is 7.66. The largest absolute Gasteiger partial charge is 0.342 e. The van der Waals surface area contributed by atoms with E-state index in [1.807, 2.05) is 6.07 Å². The molecule has 0 bridgehead atoms. The maximum atomic E-state index is 13.5. The third kappa shape index (κ3) is 4.10. The van der Waals surface area contributed by atoms with Crippen LogP contribution in [0.25, 0.3) is 11.1 Å². The fourth-order valence-corrected chi connectivity index (χ4v) is 2.49. The first-order valence-electron chi connectivity index (χ1n) is 7.92. The summed E-state index contributed by atoms with van der Waals surface area (Å²) in [5, 5.41) is 11.9. The van der Waals surface area contributed by atoms with Gasteiger partial charge in [-0.05, 0) is 36.8 Å². The lowest BCUT2D eigenvalue weighted by atomic mass is 10.0. The van der Waals surface area contributed by atoms with Gasteiger partial charge < -0.3 is 5.32 Å². The van der Waals surface area contributed by atoms with E-state index in [4.69, 9.17) is 0 Å². The molecule has 134 valence electrons. The monoisotopic (exact) mass is 365 g/mol. The Morgan fingerprint density at radius 3 is 2.41 bits per heavy atom. The van der Waals surface area contributed by atoms with Gasteiger partial charge >= 0.3 is 0 Å². The normalized spacial score (nSPS) is 11.5. The van der Waals surface area contributed by atoms with Gasteiger partial charge in [0.25, 0.3) is 5.91 Å². The molecule has 1 N–H and O–H groups in total. The van der Waals surface area contributed by atoms with E-state index in [2.05, 4.69) is 20.3 Å². The maximum absolute atomic E-state index is 13.5. The molecule has 0 saturated heterocycles. The minimum Gasteiger partial charge on any atom is -0.342 e. The van der Waals surface area contributed by atoms with Crippen LogP contribution in [0.15, 0.2) is 48.9 Å². The number of aromatic nitrogens is 3. The number of amides is 1. The average molecular weight is 365 g/mol. The Kier molecular flexibility index (Phi) is 5.13. The average Bonchev–Trinajstić information content (AvgIpc) is 2.67. The minimum atomic E-state index is -0.793. The number of rotatable bonds is 4. The zero-order chi connectivity index (χ0) is 19.4. The third-order valence-electron chi connectivity index (χ3n) is 3.75. The van der Waals surface area contributed by atoms with Gasteiger partial charge in [-0.1, -0.05) is 0 Å². The van der Waals surface area contributed by atoms with E-state index < -0.39 is 23.6 Å². The fourth-order valence-electron chi connectivity index (χ4n) is 2.49. The van der Waals surface area contributed by atoms with Gasteiger partial charge in [0.2, 0.25) is 0 Å². The number of benzene rings is 1. The molecule has 0 aliphatic heterocycles. The molecular formula is C19H13F2N5O. The molecule has 0 spiro atoms. The summed E-state index contributed by atoms with van der Waals surface area (Å²) in [6.45, 7) is 1.72. The zero-order valence-corrected chi connectivity index (χ0v) is 14.1. The number of carbonyl (C=O) groups excluding carboxylic acids is 1. The Bertz CT molecular complexity index is 1010. The lowest BCUT2D eigenvalue weighted by molar-refractivity contribution is 0.0938. The second-order valence-corrected chi connectivity index (χ2v) is 5.69. The number of nitriles is 1. The van der Waals surface area contributed by atoms with Crippen LogP contribution in [0.5, 0.6) is 0 Å². The first kappa shape index (κ1) is 18.1. The lowest BCUT2D eigenvalue weighted by Crippen LogP contribution is -2.28. The van der Waals surface area contributed by atoms with Crippen LogP contribution >= 0.6 is 0 Å². The Labute approximate surface area is 153 Å². The summed E-state index contributed by atoms with van der Waals surface area (Å²) in [7, 11) is 0. The standard InChI is InChI=1S/C19H13F2N5O/c1-11(18-23-3-2-4-24-18)26-19(27)13-7-16(17(9-22)25-10-13)12-5-14(20)8-15(21)6-12/h2-8,10-11H,1H3,(H,26,27). The van der Waals surface area contributed by atoms with E-state index in [-0.39, 0.29) is 22.4 Å². The topological polar surface area (TPSA) is 91.6 Å². The molecule has 2 heterocycles. The number of pyridine rings is 1. The van der Waals surface area contributed by atoms with Crippen molar-refractivity contribution in [2.45, 2.75) is 13.0 Å². The molecule has 3 aromatic rings. The van der Waals surface area contributed by atoms with Crippen molar-refractivity contribution < 1.29 is 13.6 Å². The van der Waals surface area contributed by atoms with Gasteiger partial charge in [-0.25, -0.2) is 23.7 Å². The summed E-state index contributed by atoms with van der Waals surface area (Å²) in [5.74, 6) is -1.64. The molecule has 8 heteroatoms. The van der Waals surface area contributed by atoms with E-state index in [1.165, 1.54) is 12.3 Å². The number of nitrogens with one attached hydrogen (secondary N) is 1. The highest BCUT2D eigenvalue weighted by atomic mass is 19.1. The molecule has 0 aliphatic carbocycles. The second-order valence-electron chi connectivity index (χ2n) is 5.69. The molecule has 6 nitrogen and oxygen atoms in total. The number of carbonyl (C=O) groups is 1. The number of hydrogen-bond acceptors (Lipinski definition) is 5. The zero-order valence-electron chi connectivity index (χ0n) is 14.1. The molecule has 2 aromatic heterocycles. The Morgan fingerprint density at radius 2 is 1.78 bits per heavy atom. The van der Waals surface area contributed by atoms with Crippen molar-refractivity contribution in [3.8, 4) is 17.2 Å². The number of hydrogen-bond donors (Lipinski definition) is 1. The van der Waals surface area contributed by atoms with Crippen LogP contribution < -0.4 is 5.32 Å². The van der Waals surface area contributed by atoms with Crippen LogP contribution in [0.4, 0.5) is 8.78 Å². The van der Waals surface area contributed by atoms with Crippen LogP contribution in [0.2, 0.25) is 0 Å². The fraction of sp³-hybridized carbons (Fsp3) is 0.105. The summed E-state index contributed by atoms with van der Waals surface area (Å²) in [6, 6.07) is 7.29. The number of halogens is 2. The van der Waals surface area contributed by atoms with E-state index in [9.17, 15) is 18.8 Å². The van der Waals surface area contributed by atoms with E-state index >= 15 is 0 Å². The highest BCUT2D eigenvalue weighted by Gasteiger charge is 2.17. The molecule has 1 atom stereocenters. The van der Waals surface area contributed by atoms with Crippen molar-refractivity contribution in [3.05, 3.63) is 77.6 Å². The SMILES string of the molecule is CC(NC(=O)c1cnc(C#N)c(-c2cc(F)cc(F)c2)c1)c1ncccn1. The van der Waals surface area contributed by atoms with Crippen LogP contribution in [-0.2, 0) is 0 Å². The smallest absolute Gasteiger partial charge is 0.253 e. The van der Waals surface area contributed by atoms with Crippen molar-refractivity contribution in [1.82, 2.24) is 20.3 Å². The van der Waals surface area contributed by atoms with Crippen molar-refractivity contribution in [1.29, 1.82) is 5.26 Å². The summed E-state index contributed by atoms with van der Waals surface area (Å²) in [5.41, 5.74) is 0.366. The quantitative estimate of drug-likeness (QED) is 0.767. The molecule has 0 saturated carbocycles. The maximum Gasteiger partial charge on any atom is 0.253 e.